The van der Waals surface area contributed by atoms with Gasteiger partial charge in [-0.25, -0.2) is 0 Å². The zero-order valence-corrected chi connectivity index (χ0v) is 17.8. The normalized spacial score (nSPS) is 14.9. The number of ether oxygens (including phenoxy) is 2. The number of anilines is 1. The van der Waals surface area contributed by atoms with Gasteiger partial charge in [-0.15, -0.1) is 0 Å². The van der Waals surface area contributed by atoms with Crippen LogP contribution < -0.4 is 19.7 Å². The molecule has 5 rings (SSSR count). The number of fused-ring (bicyclic) bond motifs is 3. The van der Waals surface area contributed by atoms with Crippen molar-refractivity contribution in [1.29, 1.82) is 0 Å². The van der Waals surface area contributed by atoms with Crippen LogP contribution in [0.4, 0.5) is 5.69 Å². The molecule has 8 nitrogen and oxygen atoms in total. The van der Waals surface area contributed by atoms with E-state index in [9.17, 15) is 9.59 Å². The van der Waals surface area contributed by atoms with Gasteiger partial charge in [0.05, 0.1) is 11.2 Å². The first-order valence-corrected chi connectivity index (χ1v) is 10.4. The van der Waals surface area contributed by atoms with Crippen LogP contribution in [0.5, 0.6) is 17.2 Å². The fraction of sp³-hybridized carbons (Fsp3) is 0.154. The molecule has 0 bridgehead atoms. The minimum atomic E-state index is -0.887. The van der Waals surface area contributed by atoms with Crippen molar-refractivity contribution < 1.29 is 19.1 Å². The Morgan fingerprint density at radius 3 is 2.68 bits per heavy atom. The molecule has 0 radical (unpaired) electrons. The van der Waals surface area contributed by atoms with Crippen molar-refractivity contribution in [1.82, 2.24) is 15.3 Å². The van der Waals surface area contributed by atoms with Gasteiger partial charge in [0.15, 0.2) is 0 Å². The van der Waals surface area contributed by atoms with E-state index in [0.717, 1.165) is 10.9 Å². The van der Waals surface area contributed by atoms with Crippen molar-refractivity contribution in [3.8, 4) is 17.2 Å². The summed E-state index contributed by atoms with van der Waals surface area (Å²) in [6.45, 7) is -0.00606. The molecule has 1 aliphatic rings. The number of nitrogens with one attached hydrogen (secondary N) is 1. The van der Waals surface area contributed by atoms with Gasteiger partial charge >= 0.3 is 0 Å². The molecule has 0 unspecified atom stereocenters. The Bertz CT molecular complexity index is 1340. The predicted molar refractivity (Wildman–Crippen MR) is 129 cm³/mol. The molecule has 2 aromatic carbocycles. The molecule has 0 saturated carbocycles. The Kier molecular flexibility index (Phi) is 6.40. The molecule has 2 amide bonds. The number of likely N-dealkylation sites (N-methyl/N-ethyl adjacent to an activating group) is 1. The average Bonchev–Trinajstić information content (AvgIpc) is 2.97. The zero-order chi connectivity index (χ0) is 22.8. The summed E-state index contributed by atoms with van der Waals surface area (Å²) < 4.78 is 11.7. The number of para-hydroxylation sites is 1. The van der Waals surface area contributed by atoms with Gasteiger partial charge in [0.1, 0.15) is 35.6 Å². The number of hydrogen-bond acceptors (Lipinski definition) is 6. The molecular weight excluding hydrogens is 432 g/mol. The fourth-order valence-electron chi connectivity index (χ4n) is 3.73. The molecule has 0 aliphatic carbocycles. The molecule has 34 heavy (non-hydrogen) atoms. The van der Waals surface area contributed by atoms with E-state index in [1.165, 1.54) is 17.2 Å². The molecule has 0 spiro atoms. The Morgan fingerprint density at radius 2 is 1.85 bits per heavy atom. The highest BCUT2D eigenvalue weighted by molar-refractivity contribution is 6.08. The Morgan fingerprint density at radius 1 is 1.03 bits per heavy atom. The number of nitrogens with zero attached hydrogens (tertiary/aromatic N) is 3. The van der Waals surface area contributed by atoms with E-state index in [1.807, 2.05) is 42.5 Å². The second kappa shape index (κ2) is 9.58. The van der Waals surface area contributed by atoms with Gasteiger partial charge in [-0.05, 0) is 42.5 Å². The number of pyridine rings is 2. The average molecular weight is 457 g/mol. The van der Waals surface area contributed by atoms with Crippen molar-refractivity contribution in [3.05, 3.63) is 84.8 Å². The molecule has 4 aromatic rings. The SMILES string of the molecule is C.CN1C(=O)[C@@H](NC(=O)c2cc(Oc3ccccc3)ccn2)COc2ccc3ncccc3c21. The van der Waals surface area contributed by atoms with Gasteiger partial charge in [0, 0.05) is 30.9 Å². The number of rotatable bonds is 4. The summed E-state index contributed by atoms with van der Waals surface area (Å²) in [5.74, 6) is 0.868. The quantitative estimate of drug-likeness (QED) is 0.494. The lowest BCUT2D eigenvalue weighted by Crippen LogP contribution is -2.49. The molecule has 1 aliphatic heterocycles. The third-order valence-electron chi connectivity index (χ3n) is 5.34. The minimum Gasteiger partial charge on any atom is -0.489 e. The first-order valence-electron chi connectivity index (χ1n) is 10.4. The monoisotopic (exact) mass is 456 g/mol. The summed E-state index contributed by atoms with van der Waals surface area (Å²) in [5, 5.41) is 3.54. The third-order valence-corrected chi connectivity index (χ3v) is 5.34. The van der Waals surface area contributed by atoms with Crippen LogP contribution in [0.25, 0.3) is 10.9 Å². The summed E-state index contributed by atoms with van der Waals surface area (Å²) in [6, 6.07) is 18.8. The van der Waals surface area contributed by atoms with E-state index in [2.05, 4.69) is 15.3 Å². The number of benzene rings is 2. The molecule has 3 heterocycles. The molecular formula is C26H24N4O4. The smallest absolute Gasteiger partial charge is 0.270 e. The minimum absolute atomic E-state index is 0. The van der Waals surface area contributed by atoms with Crippen molar-refractivity contribution in [2.75, 3.05) is 18.6 Å². The molecule has 1 atom stereocenters. The van der Waals surface area contributed by atoms with Gasteiger partial charge in [-0.3, -0.25) is 19.6 Å². The predicted octanol–water partition coefficient (Wildman–Crippen LogP) is 4.21. The standard InChI is InChI=1S/C25H20N4O4.CH4/c1-29-23-18-8-5-12-26-19(18)9-10-22(23)32-15-21(25(29)31)28-24(30)20-14-17(11-13-27-20)33-16-6-3-2-4-7-16;/h2-14,21H,15H2,1H3,(H,28,30);1H4/t21-;/m0./s1. The highest BCUT2D eigenvalue weighted by Crippen LogP contribution is 2.37. The van der Waals surface area contributed by atoms with Gasteiger partial charge in [-0.2, -0.15) is 0 Å². The molecule has 172 valence electrons. The van der Waals surface area contributed by atoms with Crippen molar-refractivity contribution >= 4 is 28.4 Å². The first-order chi connectivity index (χ1) is 16.1. The summed E-state index contributed by atoms with van der Waals surface area (Å²) in [6.07, 6.45) is 3.18. The van der Waals surface area contributed by atoms with Crippen LogP contribution in [0.15, 0.2) is 79.1 Å². The highest BCUT2D eigenvalue weighted by atomic mass is 16.5. The summed E-state index contributed by atoms with van der Waals surface area (Å²) >= 11 is 0. The second-order valence-corrected chi connectivity index (χ2v) is 7.51. The largest absolute Gasteiger partial charge is 0.489 e. The third kappa shape index (κ3) is 4.38. The Hall–Kier alpha value is -4.46. The Labute approximate surface area is 197 Å². The number of aromatic nitrogens is 2. The zero-order valence-electron chi connectivity index (χ0n) is 17.8. The van der Waals surface area contributed by atoms with Crippen LogP contribution in [0.3, 0.4) is 0 Å². The Balaban J connectivity index is 0.00000274. The van der Waals surface area contributed by atoms with Crippen LogP contribution in [0.2, 0.25) is 0 Å². The van der Waals surface area contributed by atoms with E-state index >= 15 is 0 Å². The summed E-state index contributed by atoms with van der Waals surface area (Å²) in [4.78, 5) is 36.1. The number of carbonyl (C=O) groups excluding carboxylic acids is 2. The molecule has 0 fully saturated rings. The maximum atomic E-state index is 13.2. The second-order valence-electron chi connectivity index (χ2n) is 7.51. The molecule has 0 saturated heterocycles. The topological polar surface area (TPSA) is 93.7 Å². The lowest BCUT2D eigenvalue weighted by Gasteiger charge is -2.21. The first kappa shape index (κ1) is 22.7. The van der Waals surface area contributed by atoms with Crippen molar-refractivity contribution in [3.63, 3.8) is 0 Å². The molecule has 1 N–H and O–H groups in total. The van der Waals surface area contributed by atoms with E-state index < -0.39 is 11.9 Å². The van der Waals surface area contributed by atoms with Gasteiger partial charge < -0.3 is 19.7 Å². The molecule has 2 aromatic heterocycles. The summed E-state index contributed by atoms with van der Waals surface area (Å²) in [5.41, 5.74) is 1.51. The van der Waals surface area contributed by atoms with E-state index in [4.69, 9.17) is 9.47 Å². The van der Waals surface area contributed by atoms with E-state index in [0.29, 0.717) is 22.9 Å². The lowest BCUT2D eigenvalue weighted by molar-refractivity contribution is -0.120. The van der Waals surface area contributed by atoms with Gasteiger partial charge in [0.25, 0.3) is 11.8 Å². The van der Waals surface area contributed by atoms with Gasteiger partial charge in [-0.1, -0.05) is 25.6 Å². The van der Waals surface area contributed by atoms with E-state index in [1.54, 1.807) is 31.4 Å². The number of hydrogen-bond donors (Lipinski definition) is 1. The van der Waals surface area contributed by atoms with Crippen LogP contribution in [0.1, 0.15) is 17.9 Å². The van der Waals surface area contributed by atoms with Crippen molar-refractivity contribution in [2.45, 2.75) is 13.5 Å². The van der Waals surface area contributed by atoms with Crippen LogP contribution in [-0.4, -0.2) is 41.5 Å². The van der Waals surface area contributed by atoms with E-state index in [-0.39, 0.29) is 25.6 Å². The van der Waals surface area contributed by atoms with Crippen molar-refractivity contribution in [2.24, 2.45) is 0 Å². The maximum Gasteiger partial charge on any atom is 0.270 e. The van der Waals surface area contributed by atoms with Crippen LogP contribution >= 0.6 is 0 Å². The fourth-order valence-corrected chi connectivity index (χ4v) is 3.73. The summed E-state index contributed by atoms with van der Waals surface area (Å²) in [7, 11) is 1.66. The van der Waals surface area contributed by atoms with Crippen LogP contribution in [0, 0.1) is 0 Å². The van der Waals surface area contributed by atoms with Crippen LogP contribution in [-0.2, 0) is 4.79 Å². The number of amides is 2. The number of carbonyl (C=O) groups is 2. The van der Waals surface area contributed by atoms with Gasteiger partial charge in [0.2, 0.25) is 0 Å². The molecule has 8 heteroatoms. The highest BCUT2D eigenvalue weighted by Gasteiger charge is 2.32. The lowest BCUT2D eigenvalue weighted by atomic mass is 10.1. The maximum absolute atomic E-state index is 13.2.